The number of aliphatic carboxylic acids is 1. The summed E-state index contributed by atoms with van der Waals surface area (Å²) in [5, 5.41) is 12.1. The van der Waals surface area contributed by atoms with Crippen molar-refractivity contribution in [3.8, 4) is 22.3 Å². The van der Waals surface area contributed by atoms with Gasteiger partial charge < -0.3 is 15.2 Å². The Morgan fingerprint density at radius 1 is 0.821 bits per heavy atom. The molecule has 0 spiro atoms. The van der Waals surface area contributed by atoms with Crippen LogP contribution in [-0.2, 0) is 22.1 Å². The minimum Gasteiger partial charge on any atom is -0.480 e. The first-order valence-electron chi connectivity index (χ1n) is 12.3. The third-order valence-corrected chi connectivity index (χ3v) is 6.85. The van der Waals surface area contributed by atoms with Crippen LogP contribution in [0, 0.1) is 0 Å². The number of halogens is 3. The summed E-state index contributed by atoms with van der Waals surface area (Å²) in [6.07, 6.45) is -5.32. The summed E-state index contributed by atoms with van der Waals surface area (Å²) in [6, 6.07) is 26.0. The minimum atomic E-state index is -4.45. The maximum Gasteiger partial charge on any atom is 0.416 e. The van der Waals surface area contributed by atoms with E-state index in [0.29, 0.717) is 16.7 Å². The van der Waals surface area contributed by atoms with Gasteiger partial charge in [0, 0.05) is 12.3 Å². The van der Waals surface area contributed by atoms with E-state index in [9.17, 15) is 27.9 Å². The van der Waals surface area contributed by atoms with Gasteiger partial charge in [-0.3, -0.25) is 0 Å². The fraction of sp³-hybridized carbons (Fsp3) is 0.161. The summed E-state index contributed by atoms with van der Waals surface area (Å²) >= 11 is 0. The molecule has 1 amide bonds. The average Bonchev–Trinajstić information content (AvgIpc) is 3.25. The van der Waals surface area contributed by atoms with Crippen LogP contribution in [0.1, 0.15) is 28.2 Å². The van der Waals surface area contributed by atoms with Crippen LogP contribution in [0.2, 0.25) is 0 Å². The number of hydrogen-bond donors (Lipinski definition) is 2. The molecule has 0 aromatic heterocycles. The molecule has 1 atom stereocenters. The molecule has 2 N–H and O–H groups in total. The summed E-state index contributed by atoms with van der Waals surface area (Å²) in [5.41, 5.74) is 5.05. The molecule has 0 saturated carbocycles. The lowest BCUT2D eigenvalue weighted by Crippen LogP contribution is -2.42. The number of ether oxygens (including phenoxy) is 1. The number of alkyl carbamates (subject to hydrolysis) is 1. The number of carbonyl (C=O) groups is 2. The maximum absolute atomic E-state index is 13.0. The molecule has 0 fully saturated rings. The normalized spacial score (nSPS) is 13.3. The lowest BCUT2D eigenvalue weighted by Gasteiger charge is -2.18. The number of amides is 1. The van der Waals surface area contributed by atoms with Gasteiger partial charge in [0.05, 0.1) is 5.56 Å². The van der Waals surface area contributed by atoms with E-state index in [0.717, 1.165) is 34.4 Å². The van der Waals surface area contributed by atoms with Crippen LogP contribution in [-0.4, -0.2) is 29.8 Å². The molecule has 1 aliphatic rings. The summed E-state index contributed by atoms with van der Waals surface area (Å²) in [5.74, 6) is -1.39. The summed E-state index contributed by atoms with van der Waals surface area (Å²) < 4.78 is 44.6. The van der Waals surface area contributed by atoms with Gasteiger partial charge in [0.25, 0.3) is 0 Å². The van der Waals surface area contributed by atoms with Crippen LogP contribution < -0.4 is 5.32 Å². The molecule has 0 aliphatic heterocycles. The van der Waals surface area contributed by atoms with E-state index >= 15 is 0 Å². The third-order valence-electron chi connectivity index (χ3n) is 6.85. The number of alkyl halides is 3. The van der Waals surface area contributed by atoms with E-state index in [1.807, 2.05) is 48.5 Å². The van der Waals surface area contributed by atoms with Crippen molar-refractivity contribution in [2.45, 2.75) is 24.6 Å². The molecule has 5 nitrogen and oxygen atoms in total. The van der Waals surface area contributed by atoms with Gasteiger partial charge in [-0.15, -0.1) is 0 Å². The zero-order valence-corrected chi connectivity index (χ0v) is 20.6. The van der Waals surface area contributed by atoms with Crippen molar-refractivity contribution in [1.29, 1.82) is 0 Å². The van der Waals surface area contributed by atoms with Gasteiger partial charge in [-0.25, -0.2) is 9.59 Å². The summed E-state index contributed by atoms with van der Waals surface area (Å²) in [7, 11) is 0. The summed E-state index contributed by atoms with van der Waals surface area (Å²) in [6.45, 7) is 0.0535. The molecule has 39 heavy (non-hydrogen) atoms. The van der Waals surface area contributed by atoms with Gasteiger partial charge in [0.1, 0.15) is 12.6 Å². The van der Waals surface area contributed by atoms with Gasteiger partial charge in [-0.05, 0) is 51.1 Å². The molecule has 1 aliphatic carbocycles. The van der Waals surface area contributed by atoms with Crippen LogP contribution in [0.5, 0.6) is 0 Å². The van der Waals surface area contributed by atoms with Crippen molar-refractivity contribution < 1.29 is 32.6 Å². The fourth-order valence-corrected chi connectivity index (χ4v) is 4.93. The minimum absolute atomic E-state index is 0.0254. The van der Waals surface area contributed by atoms with E-state index in [4.69, 9.17) is 4.74 Å². The van der Waals surface area contributed by atoms with Crippen molar-refractivity contribution in [1.82, 2.24) is 5.32 Å². The average molecular weight is 532 g/mol. The molecular formula is C31H24F3NO4. The van der Waals surface area contributed by atoms with Crippen LogP contribution in [0.4, 0.5) is 18.0 Å². The second-order valence-corrected chi connectivity index (χ2v) is 9.34. The number of carboxylic acids is 1. The largest absolute Gasteiger partial charge is 0.480 e. The number of carbonyl (C=O) groups excluding carboxylic acids is 1. The maximum atomic E-state index is 13.0. The lowest BCUT2D eigenvalue weighted by molar-refractivity contribution is -0.139. The first-order chi connectivity index (χ1) is 18.7. The highest BCUT2D eigenvalue weighted by atomic mass is 19.4. The van der Waals surface area contributed by atoms with E-state index in [1.54, 1.807) is 30.3 Å². The Labute approximate surface area is 222 Å². The summed E-state index contributed by atoms with van der Waals surface area (Å²) in [4.78, 5) is 24.5. The first-order valence-corrected chi connectivity index (χ1v) is 12.3. The fourth-order valence-electron chi connectivity index (χ4n) is 4.93. The van der Waals surface area contributed by atoms with Gasteiger partial charge >= 0.3 is 18.2 Å². The molecule has 0 radical (unpaired) electrons. The quantitative estimate of drug-likeness (QED) is 0.272. The second kappa shape index (κ2) is 10.6. The van der Waals surface area contributed by atoms with E-state index < -0.39 is 29.8 Å². The Balaban J connectivity index is 1.23. The Morgan fingerprint density at radius 2 is 1.44 bits per heavy atom. The highest BCUT2D eigenvalue weighted by Gasteiger charge is 2.31. The topological polar surface area (TPSA) is 75.6 Å². The van der Waals surface area contributed by atoms with Crippen molar-refractivity contribution in [2.75, 3.05) is 6.61 Å². The van der Waals surface area contributed by atoms with Crippen molar-refractivity contribution in [3.63, 3.8) is 0 Å². The highest BCUT2D eigenvalue weighted by Crippen LogP contribution is 2.44. The predicted octanol–water partition coefficient (Wildman–Crippen LogP) is 6.91. The van der Waals surface area contributed by atoms with E-state index in [1.165, 1.54) is 6.07 Å². The van der Waals surface area contributed by atoms with E-state index in [2.05, 4.69) is 5.32 Å². The molecule has 1 unspecified atom stereocenters. The van der Waals surface area contributed by atoms with Crippen LogP contribution in [0.15, 0.2) is 97.1 Å². The van der Waals surface area contributed by atoms with Crippen molar-refractivity contribution in [3.05, 3.63) is 119 Å². The molecule has 4 aromatic rings. The van der Waals surface area contributed by atoms with Gasteiger partial charge in [-0.1, -0.05) is 84.9 Å². The third kappa shape index (κ3) is 5.65. The van der Waals surface area contributed by atoms with Crippen LogP contribution in [0.25, 0.3) is 22.3 Å². The van der Waals surface area contributed by atoms with Gasteiger partial charge in [-0.2, -0.15) is 13.2 Å². The zero-order chi connectivity index (χ0) is 27.6. The Morgan fingerprint density at radius 3 is 2.03 bits per heavy atom. The smallest absolute Gasteiger partial charge is 0.416 e. The first kappa shape index (κ1) is 26.0. The number of benzene rings is 4. The molecular weight excluding hydrogens is 507 g/mol. The standard InChI is InChI=1S/C31H24F3NO4/c32-31(33,34)22-7-5-6-21(17-22)20-14-12-19(13-15-20)16-28(29(36)37)35-30(38)39-18-27-25-10-3-1-8-23(25)24-9-2-4-11-26(24)27/h1-15,17,27-28H,16,18H2,(H,35,38)(H,36,37). The molecule has 198 valence electrons. The highest BCUT2D eigenvalue weighted by molar-refractivity contribution is 5.81. The Bertz CT molecular complexity index is 1470. The molecule has 5 rings (SSSR count). The SMILES string of the molecule is O=C(NC(Cc1ccc(-c2cccc(C(F)(F)F)c2)cc1)C(=O)O)OCC1c2ccccc2-c2ccccc21. The Hall–Kier alpha value is -4.59. The number of fused-ring (bicyclic) bond motifs is 3. The number of nitrogens with one attached hydrogen (secondary N) is 1. The molecule has 4 aromatic carbocycles. The number of hydrogen-bond acceptors (Lipinski definition) is 3. The van der Waals surface area contributed by atoms with E-state index in [-0.39, 0.29) is 18.9 Å². The second-order valence-electron chi connectivity index (χ2n) is 9.34. The Kier molecular flexibility index (Phi) is 7.11. The predicted molar refractivity (Wildman–Crippen MR) is 140 cm³/mol. The van der Waals surface area contributed by atoms with Gasteiger partial charge in [0.15, 0.2) is 0 Å². The lowest BCUT2D eigenvalue weighted by atomic mass is 9.98. The zero-order valence-electron chi connectivity index (χ0n) is 20.6. The van der Waals surface area contributed by atoms with Gasteiger partial charge in [0.2, 0.25) is 0 Å². The van der Waals surface area contributed by atoms with Crippen molar-refractivity contribution >= 4 is 12.1 Å². The number of rotatable bonds is 7. The van der Waals surface area contributed by atoms with Crippen LogP contribution in [0.3, 0.4) is 0 Å². The number of carboxylic acid groups (broad SMARTS) is 1. The van der Waals surface area contributed by atoms with Crippen molar-refractivity contribution in [2.24, 2.45) is 0 Å². The van der Waals surface area contributed by atoms with Crippen LogP contribution >= 0.6 is 0 Å². The monoisotopic (exact) mass is 531 g/mol. The molecule has 0 bridgehead atoms. The molecule has 8 heteroatoms. The molecule has 0 heterocycles. The molecule has 0 saturated heterocycles.